The Bertz CT molecular complexity index is 249. The zero-order valence-corrected chi connectivity index (χ0v) is 12.0. The fourth-order valence-electron chi connectivity index (χ4n) is 1.31. The molecule has 0 aromatic carbocycles. The molecule has 2 N–H and O–H groups in total. The molecule has 0 unspecified atom stereocenters. The minimum atomic E-state index is -1.26. The summed E-state index contributed by atoms with van der Waals surface area (Å²) >= 11 is 0. The summed E-state index contributed by atoms with van der Waals surface area (Å²) in [5.41, 5.74) is -0.524. The Hall–Kier alpha value is -0.650. The second kappa shape index (κ2) is 7.07. The first kappa shape index (κ1) is 17.4. The molecule has 0 saturated carbocycles. The molecule has 5 nitrogen and oxygen atoms in total. The molecular weight excluding hydrogens is 236 g/mol. The van der Waals surface area contributed by atoms with Gasteiger partial charge in [0.05, 0.1) is 18.1 Å². The van der Waals surface area contributed by atoms with E-state index in [1.165, 1.54) is 13.8 Å². The van der Waals surface area contributed by atoms with Crippen LogP contribution in [0.5, 0.6) is 0 Å². The van der Waals surface area contributed by atoms with Crippen LogP contribution in [0.15, 0.2) is 0 Å². The number of hydrogen-bond donors (Lipinski definition) is 2. The fraction of sp³-hybridized carbons (Fsp3) is 0.923. The maximum atomic E-state index is 11.5. The molecular formula is C13H26O5. The number of carbonyl (C=O) groups is 1. The standard InChI is InChI=1S/C13H26O5/c1-12(2,3)11(15)17-9-7-10(6-8-14)18-13(4,5)16/h10,14,16H,6-9H2,1-5H3/t10-/m0/s1. The molecule has 0 radical (unpaired) electrons. The molecule has 0 spiro atoms. The van der Waals surface area contributed by atoms with E-state index in [9.17, 15) is 9.90 Å². The van der Waals surface area contributed by atoms with Crippen molar-refractivity contribution in [3.05, 3.63) is 0 Å². The lowest BCUT2D eigenvalue weighted by Crippen LogP contribution is -2.32. The van der Waals surface area contributed by atoms with E-state index in [0.717, 1.165) is 0 Å². The summed E-state index contributed by atoms with van der Waals surface area (Å²) < 4.78 is 10.5. The topological polar surface area (TPSA) is 76.0 Å². The molecule has 0 fully saturated rings. The molecule has 0 aliphatic rings. The van der Waals surface area contributed by atoms with Gasteiger partial charge in [0.15, 0.2) is 5.79 Å². The van der Waals surface area contributed by atoms with Crippen molar-refractivity contribution in [3.63, 3.8) is 0 Å². The highest BCUT2D eigenvalue weighted by atomic mass is 16.6. The normalized spacial score (nSPS) is 14.4. The van der Waals surface area contributed by atoms with E-state index in [2.05, 4.69) is 0 Å². The van der Waals surface area contributed by atoms with E-state index in [1.807, 2.05) is 0 Å². The van der Waals surface area contributed by atoms with Gasteiger partial charge in [-0.3, -0.25) is 4.79 Å². The zero-order valence-electron chi connectivity index (χ0n) is 12.0. The Morgan fingerprint density at radius 3 is 2.11 bits per heavy atom. The van der Waals surface area contributed by atoms with Crippen molar-refractivity contribution < 1.29 is 24.5 Å². The van der Waals surface area contributed by atoms with Crippen molar-refractivity contribution in [1.29, 1.82) is 0 Å². The van der Waals surface area contributed by atoms with Crippen LogP contribution in [0, 0.1) is 5.41 Å². The van der Waals surface area contributed by atoms with E-state index < -0.39 is 11.2 Å². The summed E-state index contributed by atoms with van der Waals surface area (Å²) in [4.78, 5) is 11.5. The monoisotopic (exact) mass is 262 g/mol. The van der Waals surface area contributed by atoms with Gasteiger partial charge in [-0.1, -0.05) is 0 Å². The summed E-state index contributed by atoms with van der Waals surface area (Å²) in [6.45, 7) is 8.59. The van der Waals surface area contributed by atoms with Crippen molar-refractivity contribution in [2.45, 2.75) is 59.4 Å². The van der Waals surface area contributed by atoms with Gasteiger partial charge in [0.25, 0.3) is 0 Å². The van der Waals surface area contributed by atoms with Gasteiger partial charge in [-0.2, -0.15) is 0 Å². The third-order valence-corrected chi connectivity index (χ3v) is 2.19. The van der Waals surface area contributed by atoms with Crippen molar-refractivity contribution in [3.8, 4) is 0 Å². The number of esters is 1. The molecule has 18 heavy (non-hydrogen) atoms. The molecule has 0 heterocycles. The number of hydrogen-bond acceptors (Lipinski definition) is 5. The van der Waals surface area contributed by atoms with Gasteiger partial charge in [-0.25, -0.2) is 0 Å². The number of carbonyl (C=O) groups excluding carboxylic acids is 1. The third kappa shape index (κ3) is 8.44. The molecule has 0 bridgehead atoms. The molecule has 0 aliphatic carbocycles. The summed E-state index contributed by atoms with van der Waals surface area (Å²) in [5.74, 6) is -1.53. The first-order valence-electron chi connectivity index (χ1n) is 6.24. The van der Waals surface area contributed by atoms with Gasteiger partial charge in [0.2, 0.25) is 0 Å². The Kier molecular flexibility index (Phi) is 6.81. The third-order valence-electron chi connectivity index (χ3n) is 2.19. The van der Waals surface area contributed by atoms with Crippen LogP contribution in [0.1, 0.15) is 47.5 Å². The predicted molar refractivity (Wildman–Crippen MR) is 67.9 cm³/mol. The summed E-state index contributed by atoms with van der Waals surface area (Å²) in [7, 11) is 0. The van der Waals surface area contributed by atoms with E-state index in [0.29, 0.717) is 12.8 Å². The molecule has 0 amide bonds. The zero-order chi connectivity index (χ0) is 14.4. The quantitative estimate of drug-likeness (QED) is 0.536. The molecule has 108 valence electrons. The number of ether oxygens (including phenoxy) is 2. The van der Waals surface area contributed by atoms with Gasteiger partial charge in [-0.15, -0.1) is 0 Å². The predicted octanol–water partition coefficient (Wildman–Crippen LogP) is 1.46. The van der Waals surface area contributed by atoms with Crippen LogP contribution < -0.4 is 0 Å². The highest BCUT2D eigenvalue weighted by Gasteiger charge is 2.24. The van der Waals surface area contributed by atoms with Crippen molar-refractivity contribution in [2.75, 3.05) is 13.2 Å². The molecule has 0 aromatic heterocycles. The SMILES string of the molecule is CC(C)(O)O[C@@H](CCO)CCOC(=O)C(C)(C)C. The van der Waals surface area contributed by atoms with Gasteiger partial charge in [0, 0.05) is 13.0 Å². The molecule has 0 rings (SSSR count). The van der Waals surface area contributed by atoms with Crippen LogP contribution in [0.3, 0.4) is 0 Å². The molecule has 0 aliphatic heterocycles. The Labute approximate surface area is 109 Å². The fourth-order valence-corrected chi connectivity index (χ4v) is 1.31. The van der Waals surface area contributed by atoms with Crippen LogP contribution in [-0.4, -0.2) is 41.3 Å². The second-order valence-corrected chi connectivity index (χ2v) is 5.87. The van der Waals surface area contributed by atoms with E-state index in [4.69, 9.17) is 14.6 Å². The summed E-state index contributed by atoms with van der Waals surface area (Å²) in [6, 6.07) is 0. The lowest BCUT2D eigenvalue weighted by atomic mass is 9.97. The Morgan fingerprint density at radius 1 is 1.17 bits per heavy atom. The molecule has 5 heteroatoms. The summed E-state index contributed by atoms with van der Waals surface area (Å²) in [6.07, 6.45) is 0.520. The number of rotatable bonds is 7. The summed E-state index contributed by atoms with van der Waals surface area (Å²) in [5, 5.41) is 18.4. The van der Waals surface area contributed by atoms with Crippen molar-refractivity contribution >= 4 is 5.97 Å². The first-order valence-corrected chi connectivity index (χ1v) is 6.24. The van der Waals surface area contributed by atoms with Crippen LogP contribution in [0.4, 0.5) is 0 Å². The highest BCUT2D eigenvalue weighted by Crippen LogP contribution is 2.17. The van der Waals surface area contributed by atoms with Crippen LogP contribution in [0.25, 0.3) is 0 Å². The van der Waals surface area contributed by atoms with E-state index in [-0.39, 0.29) is 25.3 Å². The average molecular weight is 262 g/mol. The van der Waals surface area contributed by atoms with Gasteiger partial charge in [0.1, 0.15) is 0 Å². The molecule has 1 atom stereocenters. The Balaban J connectivity index is 4.09. The van der Waals surface area contributed by atoms with E-state index >= 15 is 0 Å². The van der Waals surface area contributed by atoms with Gasteiger partial charge < -0.3 is 19.7 Å². The average Bonchev–Trinajstić information content (AvgIpc) is 2.13. The minimum absolute atomic E-state index is 0.0338. The van der Waals surface area contributed by atoms with Crippen molar-refractivity contribution in [1.82, 2.24) is 0 Å². The van der Waals surface area contributed by atoms with Crippen LogP contribution in [-0.2, 0) is 14.3 Å². The van der Waals surface area contributed by atoms with Crippen LogP contribution in [0.2, 0.25) is 0 Å². The highest BCUT2D eigenvalue weighted by molar-refractivity contribution is 5.75. The lowest BCUT2D eigenvalue weighted by molar-refractivity contribution is -0.211. The number of aliphatic hydroxyl groups is 2. The number of aliphatic hydroxyl groups excluding tert-OH is 1. The second-order valence-electron chi connectivity index (χ2n) is 5.87. The maximum Gasteiger partial charge on any atom is 0.311 e. The largest absolute Gasteiger partial charge is 0.465 e. The minimum Gasteiger partial charge on any atom is -0.465 e. The van der Waals surface area contributed by atoms with Crippen molar-refractivity contribution in [2.24, 2.45) is 5.41 Å². The molecule has 0 aromatic rings. The van der Waals surface area contributed by atoms with Crippen LogP contribution >= 0.6 is 0 Å². The lowest BCUT2D eigenvalue weighted by Gasteiger charge is -2.26. The maximum absolute atomic E-state index is 11.5. The Morgan fingerprint density at radius 2 is 1.72 bits per heavy atom. The van der Waals surface area contributed by atoms with Gasteiger partial charge >= 0.3 is 5.97 Å². The molecule has 0 saturated heterocycles. The smallest absolute Gasteiger partial charge is 0.311 e. The van der Waals surface area contributed by atoms with Gasteiger partial charge in [-0.05, 0) is 41.0 Å². The first-order chi connectivity index (χ1) is 8.06. The van der Waals surface area contributed by atoms with E-state index in [1.54, 1.807) is 20.8 Å².